The number of nitrogens with one attached hydrogen (secondary N) is 2. The normalized spacial score (nSPS) is 13.6. The van der Waals surface area contributed by atoms with Gasteiger partial charge in [-0.3, -0.25) is 14.7 Å². The fourth-order valence-electron chi connectivity index (χ4n) is 2.67. The third kappa shape index (κ3) is 3.00. The summed E-state index contributed by atoms with van der Waals surface area (Å²) >= 11 is 0. The highest BCUT2D eigenvalue weighted by Gasteiger charge is 2.25. The van der Waals surface area contributed by atoms with Crippen LogP contribution in [0, 0.1) is 0 Å². The molecule has 1 aliphatic heterocycles. The van der Waals surface area contributed by atoms with Crippen LogP contribution in [0.25, 0.3) is 0 Å². The molecule has 1 aliphatic rings. The zero-order valence-corrected chi connectivity index (χ0v) is 12.4. The molecule has 6 nitrogen and oxygen atoms in total. The largest absolute Gasteiger partial charge is 0.337 e. The number of fused-ring (bicyclic) bond motifs is 1. The third-order valence-corrected chi connectivity index (χ3v) is 3.77. The van der Waals surface area contributed by atoms with Gasteiger partial charge in [-0.05, 0) is 5.56 Å². The van der Waals surface area contributed by atoms with Crippen molar-refractivity contribution in [2.75, 3.05) is 11.9 Å². The molecule has 0 bridgehead atoms. The van der Waals surface area contributed by atoms with Crippen molar-refractivity contribution in [1.82, 2.24) is 15.1 Å². The molecule has 1 aromatic heterocycles. The molecule has 2 N–H and O–H groups in total. The van der Waals surface area contributed by atoms with Crippen molar-refractivity contribution in [3.63, 3.8) is 0 Å². The fourth-order valence-corrected chi connectivity index (χ4v) is 2.67. The molecule has 22 heavy (non-hydrogen) atoms. The first-order chi connectivity index (χ1) is 10.6. The molecule has 0 aliphatic carbocycles. The van der Waals surface area contributed by atoms with Gasteiger partial charge in [-0.25, -0.2) is 0 Å². The van der Waals surface area contributed by atoms with Gasteiger partial charge in [0.05, 0.1) is 18.7 Å². The minimum atomic E-state index is -0.154. The monoisotopic (exact) mass is 298 g/mol. The van der Waals surface area contributed by atoms with Crippen molar-refractivity contribution >= 4 is 17.6 Å². The number of anilines is 1. The maximum atomic E-state index is 12.4. The van der Waals surface area contributed by atoms with Crippen LogP contribution in [0.4, 0.5) is 5.82 Å². The highest BCUT2D eigenvalue weighted by Crippen LogP contribution is 2.24. The Morgan fingerprint density at radius 1 is 1.32 bits per heavy atom. The second-order valence-electron chi connectivity index (χ2n) is 5.43. The minimum Gasteiger partial charge on any atom is -0.337 e. The van der Waals surface area contributed by atoms with Crippen LogP contribution in [0.2, 0.25) is 0 Å². The quantitative estimate of drug-likeness (QED) is 0.901. The fraction of sp³-hybridized carbons (Fsp3) is 0.312. The van der Waals surface area contributed by atoms with Crippen LogP contribution in [0.15, 0.2) is 30.3 Å². The molecule has 0 radical (unpaired) electrons. The Morgan fingerprint density at radius 2 is 2.09 bits per heavy atom. The van der Waals surface area contributed by atoms with Gasteiger partial charge in [0.15, 0.2) is 0 Å². The van der Waals surface area contributed by atoms with E-state index in [1.807, 2.05) is 35.2 Å². The molecule has 0 spiro atoms. The molecular formula is C16H18N4O2. The first kappa shape index (κ1) is 14.3. The number of carbonyl (C=O) groups is 2. The van der Waals surface area contributed by atoms with Crippen molar-refractivity contribution in [1.29, 1.82) is 0 Å². The third-order valence-electron chi connectivity index (χ3n) is 3.77. The number of H-pyrrole nitrogens is 1. The Labute approximate surface area is 128 Å². The van der Waals surface area contributed by atoms with Gasteiger partial charge in [0, 0.05) is 25.5 Å². The van der Waals surface area contributed by atoms with E-state index in [1.54, 1.807) is 0 Å². The SMILES string of the molecule is CC(=O)Nc1[nH]nc2c1CN(C(=O)Cc1ccccc1)CC2. The molecule has 0 saturated heterocycles. The van der Waals surface area contributed by atoms with E-state index >= 15 is 0 Å². The summed E-state index contributed by atoms with van der Waals surface area (Å²) in [6.07, 6.45) is 1.09. The molecule has 2 amide bonds. The van der Waals surface area contributed by atoms with E-state index in [0.29, 0.717) is 31.7 Å². The van der Waals surface area contributed by atoms with Crippen LogP contribution in [-0.2, 0) is 29.0 Å². The molecule has 1 aromatic carbocycles. The molecule has 0 saturated carbocycles. The van der Waals surface area contributed by atoms with Crippen LogP contribution >= 0.6 is 0 Å². The number of nitrogens with zero attached hydrogens (tertiary/aromatic N) is 2. The molecule has 0 atom stereocenters. The number of carbonyl (C=O) groups excluding carboxylic acids is 2. The van der Waals surface area contributed by atoms with E-state index in [2.05, 4.69) is 15.5 Å². The summed E-state index contributed by atoms with van der Waals surface area (Å²) in [5.74, 6) is 0.533. The first-order valence-electron chi connectivity index (χ1n) is 7.29. The molecule has 2 heterocycles. The summed E-state index contributed by atoms with van der Waals surface area (Å²) in [7, 11) is 0. The van der Waals surface area contributed by atoms with Gasteiger partial charge in [-0.15, -0.1) is 0 Å². The van der Waals surface area contributed by atoms with Gasteiger partial charge in [-0.1, -0.05) is 30.3 Å². The highest BCUT2D eigenvalue weighted by molar-refractivity contribution is 5.88. The lowest BCUT2D eigenvalue weighted by molar-refractivity contribution is -0.131. The van der Waals surface area contributed by atoms with Crippen molar-refractivity contribution in [2.45, 2.75) is 26.3 Å². The van der Waals surface area contributed by atoms with Gasteiger partial charge in [0.2, 0.25) is 11.8 Å². The summed E-state index contributed by atoms with van der Waals surface area (Å²) in [6.45, 7) is 2.59. The number of aromatic nitrogens is 2. The van der Waals surface area contributed by atoms with E-state index in [-0.39, 0.29) is 11.8 Å². The number of amides is 2. The van der Waals surface area contributed by atoms with Gasteiger partial charge < -0.3 is 10.2 Å². The zero-order chi connectivity index (χ0) is 15.5. The molecule has 0 unspecified atom stereocenters. The van der Waals surface area contributed by atoms with Crippen LogP contribution in [0.3, 0.4) is 0 Å². The second-order valence-corrected chi connectivity index (χ2v) is 5.43. The topological polar surface area (TPSA) is 78.1 Å². The average molecular weight is 298 g/mol. The van der Waals surface area contributed by atoms with Gasteiger partial charge >= 0.3 is 0 Å². The standard InChI is InChI=1S/C16H18N4O2/c1-11(21)17-16-13-10-20(8-7-14(13)18-19-16)15(22)9-12-5-3-2-4-6-12/h2-6H,7-10H2,1H3,(H2,17,18,19,21). The Balaban J connectivity index is 1.72. The Morgan fingerprint density at radius 3 is 2.82 bits per heavy atom. The Kier molecular flexibility index (Phi) is 3.91. The Hall–Kier alpha value is -2.63. The van der Waals surface area contributed by atoms with Crippen LogP contribution in [0.5, 0.6) is 0 Å². The molecule has 3 rings (SSSR count). The lowest BCUT2D eigenvalue weighted by Crippen LogP contribution is -2.37. The zero-order valence-electron chi connectivity index (χ0n) is 12.4. The molecule has 0 fully saturated rings. The van der Waals surface area contributed by atoms with Crippen molar-refractivity contribution in [3.8, 4) is 0 Å². The maximum Gasteiger partial charge on any atom is 0.227 e. The van der Waals surface area contributed by atoms with E-state index in [4.69, 9.17) is 0 Å². The molecular weight excluding hydrogens is 280 g/mol. The lowest BCUT2D eigenvalue weighted by Gasteiger charge is -2.27. The predicted octanol–water partition coefficient (Wildman–Crippen LogP) is 1.50. The predicted molar refractivity (Wildman–Crippen MR) is 82.2 cm³/mol. The summed E-state index contributed by atoms with van der Waals surface area (Å²) in [5.41, 5.74) is 2.84. The minimum absolute atomic E-state index is 0.0897. The highest BCUT2D eigenvalue weighted by atomic mass is 16.2. The molecule has 2 aromatic rings. The van der Waals surface area contributed by atoms with E-state index < -0.39 is 0 Å². The average Bonchev–Trinajstić information content (AvgIpc) is 2.90. The lowest BCUT2D eigenvalue weighted by atomic mass is 10.1. The smallest absolute Gasteiger partial charge is 0.227 e. The van der Waals surface area contributed by atoms with Gasteiger partial charge in [0.1, 0.15) is 5.82 Å². The van der Waals surface area contributed by atoms with Crippen molar-refractivity contribution < 1.29 is 9.59 Å². The van der Waals surface area contributed by atoms with Crippen LogP contribution in [0.1, 0.15) is 23.7 Å². The summed E-state index contributed by atoms with van der Waals surface area (Å²) in [6, 6.07) is 9.71. The summed E-state index contributed by atoms with van der Waals surface area (Å²) in [5, 5.41) is 9.77. The number of aromatic amines is 1. The summed E-state index contributed by atoms with van der Waals surface area (Å²) in [4.78, 5) is 25.5. The van der Waals surface area contributed by atoms with Crippen LogP contribution < -0.4 is 5.32 Å². The maximum absolute atomic E-state index is 12.4. The second kappa shape index (κ2) is 6.01. The summed E-state index contributed by atoms with van der Waals surface area (Å²) < 4.78 is 0. The molecule has 114 valence electrons. The Bertz CT molecular complexity index is 693. The van der Waals surface area contributed by atoms with Crippen molar-refractivity contribution in [3.05, 3.63) is 47.2 Å². The van der Waals surface area contributed by atoms with Crippen molar-refractivity contribution in [2.24, 2.45) is 0 Å². The number of hydrogen-bond donors (Lipinski definition) is 2. The number of hydrogen-bond acceptors (Lipinski definition) is 3. The number of rotatable bonds is 3. The van der Waals surface area contributed by atoms with Crippen LogP contribution in [-0.4, -0.2) is 33.5 Å². The van der Waals surface area contributed by atoms with Gasteiger partial charge in [0.25, 0.3) is 0 Å². The first-order valence-corrected chi connectivity index (χ1v) is 7.29. The molecule has 6 heteroatoms. The number of benzene rings is 1. The van der Waals surface area contributed by atoms with E-state index in [1.165, 1.54) is 6.92 Å². The van der Waals surface area contributed by atoms with Gasteiger partial charge in [-0.2, -0.15) is 5.10 Å². The van der Waals surface area contributed by atoms with E-state index in [0.717, 1.165) is 16.8 Å². The van der Waals surface area contributed by atoms with E-state index in [9.17, 15) is 9.59 Å².